The molecule has 0 spiro atoms. The second-order valence-electron chi connectivity index (χ2n) is 6.48. The third-order valence-electron chi connectivity index (χ3n) is 4.69. The summed E-state index contributed by atoms with van der Waals surface area (Å²) in [5.74, 6) is 2.39. The largest absolute Gasteiger partial charge is 0.496 e. The van der Waals surface area contributed by atoms with Gasteiger partial charge in [-0.25, -0.2) is 9.97 Å². The topological polar surface area (TPSA) is 52.1 Å². The lowest BCUT2D eigenvalue weighted by Gasteiger charge is -2.10. The minimum Gasteiger partial charge on any atom is -0.496 e. The summed E-state index contributed by atoms with van der Waals surface area (Å²) in [6.07, 6.45) is 3.51. The normalized spacial score (nSPS) is 13.2. The van der Waals surface area contributed by atoms with Crippen LogP contribution in [0.5, 0.6) is 5.75 Å². The lowest BCUT2D eigenvalue weighted by molar-refractivity contribution is 0.101. The van der Waals surface area contributed by atoms with Gasteiger partial charge in [-0.1, -0.05) is 0 Å². The van der Waals surface area contributed by atoms with Crippen molar-refractivity contribution in [1.82, 2.24) is 9.97 Å². The zero-order valence-corrected chi connectivity index (χ0v) is 16.7. The molecule has 26 heavy (non-hydrogen) atoms. The highest BCUT2D eigenvalue weighted by Gasteiger charge is 2.22. The lowest BCUT2D eigenvalue weighted by Crippen LogP contribution is -1.98. The number of nitrogens with zero attached hydrogens (tertiary/aromatic N) is 2. The summed E-state index contributed by atoms with van der Waals surface area (Å²) in [5, 5.41) is 2.28. The molecular weight excluding hydrogens is 364 g/mol. The maximum atomic E-state index is 11.7. The van der Waals surface area contributed by atoms with E-state index < -0.39 is 0 Å². The van der Waals surface area contributed by atoms with E-state index in [0.29, 0.717) is 11.3 Å². The Kier molecular flexibility index (Phi) is 4.71. The van der Waals surface area contributed by atoms with E-state index >= 15 is 0 Å². The van der Waals surface area contributed by atoms with Gasteiger partial charge in [-0.3, -0.25) is 4.79 Å². The SMILES string of the molecule is COc1ccc(C(C)=O)cc1CSc1nc(C)nc2sc3c(c12)CCC3. The molecule has 0 N–H and O–H groups in total. The van der Waals surface area contributed by atoms with Crippen LogP contribution in [0.1, 0.15) is 45.5 Å². The number of thioether (sulfide) groups is 1. The number of fused-ring (bicyclic) bond motifs is 3. The van der Waals surface area contributed by atoms with Crippen LogP contribution in [-0.4, -0.2) is 22.9 Å². The van der Waals surface area contributed by atoms with Gasteiger partial charge in [-0.05, 0) is 56.9 Å². The molecule has 0 radical (unpaired) electrons. The highest BCUT2D eigenvalue weighted by molar-refractivity contribution is 7.98. The van der Waals surface area contributed by atoms with Crippen LogP contribution in [0.3, 0.4) is 0 Å². The van der Waals surface area contributed by atoms with Crippen molar-refractivity contribution in [3.63, 3.8) is 0 Å². The molecule has 2 heterocycles. The highest BCUT2D eigenvalue weighted by atomic mass is 32.2. The van der Waals surface area contributed by atoms with Crippen LogP contribution in [0, 0.1) is 6.92 Å². The van der Waals surface area contributed by atoms with Gasteiger partial charge in [0.05, 0.1) is 7.11 Å². The van der Waals surface area contributed by atoms with E-state index in [4.69, 9.17) is 9.72 Å². The molecule has 0 fully saturated rings. The number of hydrogen-bond donors (Lipinski definition) is 0. The van der Waals surface area contributed by atoms with Crippen molar-refractivity contribution in [3.05, 3.63) is 45.6 Å². The van der Waals surface area contributed by atoms with Crippen LogP contribution in [-0.2, 0) is 18.6 Å². The molecule has 3 aromatic rings. The summed E-state index contributed by atoms with van der Waals surface area (Å²) in [4.78, 5) is 23.7. The molecule has 0 unspecified atom stereocenters. The Balaban J connectivity index is 1.70. The predicted octanol–water partition coefficient (Wildman–Crippen LogP) is 4.99. The number of aryl methyl sites for hydroxylation is 3. The second kappa shape index (κ2) is 7.00. The van der Waals surface area contributed by atoms with Gasteiger partial charge < -0.3 is 4.74 Å². The lowest BCUT2D eigenvalue weighted by atomic mass is 10.1. The van der Waals surface area contributed by atoms with Gasteiger partial charge in [0, 0.05) is 27.1 Å². The minimum absolute atomic E-state index is 0.0647. The molecule has 1 aliphatic carbocycles. The van der Waals surface area contributed by atoms with Gasteiger partial charge in [-0.2, -0.15) is 0 Å². The van der Waals surface area contributed by atoms with Crippen molar-refractivity contribution in [2.24, 2.45) is 0 Å². The Hall–Kier alpha value is -1.92. The number of methoxy groups -OCH3 is 1. The number of ether oxygens (including phenoxy) is 1. The smallest absolute Gasteiger partial charge is 0.159 e. The fraction of sp³-hybridized carbons (Fsp3) is 0.350. The third kappa shape index (κ3) is 3.12. The Morgan fingerprint density at radius 2 is 2.15 bits per heavy atom. The molecule has 4 rings (SSSR count). The number of aromatic nitrogens is 2. The Morgan fingerprint density at radius 3 is 2.92 bits per heavy atom. The number of carbonyl (C=O) groups is 1. The number of carbonyl (C=O) groups excluding carboxylic acids is 1. The molecule has 134 valence electrons. The van der Waals surface area contributed by atoms with Crippen LogP contribution in [0.15, 0.2) is 23.2 Å². The standard InChI is InChI=1S/C20H20N2O2S2/c1-11(23)13-7-8-16(24-3)14(9-13)10-25-19-18-15-5-4-6-17(15)26-20(18)22-12(2)21-19/h7-9H,4-6,10H2,1-3H3. The average molecular weight is 385 g/mol. The summed E-state index contributed by atoms with van der Waals surface area (Å²) in [6, 6.07) is 5.61. The predicted molar refractivity (Wildman–Crippen MR) is 107 cm³/mol. The van der Waals surface area contributed by atoms with Crippen LogP contribution < -0.4 is 4.74 Å². The van der Waals surface area contributed by atoms with Crippen molar-refractivity contribution >= 4 is 39.1 Å². The molecular formula is C20H20N2O2S2. The molecule has 1 aliphatic rings. The van der Waals surface area contributed by atoms with Gasteiger partial charge in [0.25, 0.3) is 0 Å². The van der Waals surface area contributed by atoms with Crippen molar-refractivity contribution in [2.75, 3.05) is 7.11 Å². The van der Waals surface area contributed by atoms with Crippen LogP contribution in [0.2, 0.25) is 0 Å². The van der Waals surface area contributed by atoms with Crippen LogP contribution >= 0.6 is 23.1 Å². The Labute approximate surface area is 161 Å². The first-order chi connectivity index (χ1) is 12.6. The summed E-state index contributed by atoms with van der Waals surface area (Å²) in [6.45, 7) is 3.54. The van der Waals surface area contributed by atoms with Crippen LogP contribution in [0.4, 0.5) is 0 Å². The van der Waals surface area contributed by atoms with E-state index in [9.17, 15) is 4.79 Å². The first-order valence-electron chi connectivity index (χ1n) is 8.66. The molecule has 2 aromatic heterocycles. The number of hydrogen-bond acceptors (Lipinski definition) is 6. The van der Waals surface area contributed by atoms with Crippen molar-refractivity contribution in [3.8, 4) is 5.75 Å². The fourth-order valence-corrected chi connectivity index (χ4v) is 5.88. The quantitative estimate of drug-likeness (QED) is 0.352. The third-order valence-corrected chi connectivity index (χ3v) is 6.90. The Morgan fingerprint density at radius 1 is 1.31 bits per heavy atom. The second-order valence-corrected chi connectivity index (χ2v) is 8.53. The first kappa shape index (κ1) is 17.5. The molecule has 0 amide bonds. The van der Waals surface area contributed by atoms with Gasteiger partial charge in [0.1, 0.15) is 21.4 Å². The van der Waals surface area contributed by atoms with Gasteiger partial charge in [0.2, 0.25) is 0 Å². The molecule has 6 heteroatoms. The molecule has 0 bridgehead atoms. The summed E-state index contributed by atoms with van der Waals surface area (Å²) in [7, 11) is 1.66. The van der Waals surface area contributed by atoms with Gasteiger partial charge >= 0.3 is 0 Å². The maximum absolute atomic E-state index is 11.7. The summed E-state index contributed by atoms with van der Waals surface area (Å²) >= 11 is 3.52. The number of ketones is 1. The molecule has 0 saturated heterocycles. The fourth-order valence-electron chi connectivity index (χ4n) is 3.42. The van der Waals surface area contributed by atoms with E-state index in [2.05, 4.69) is 4.98 Å². The zero-order valence-electron chi connectivity index (χ0n) is 15.1. The van der Waals surface area contributed by atoms with Gasteiger partial charge in [0.15, 0.2) is 5.78 Å². The van der Waals surface area contributed by atoms with E-state index in [1.54, 1.807) is 25.8 Å². The Bertz CT molecular complexity index is 1010. The van der Waals surface area contributed by atoms with Crippen molar-refractivity contribution in [1.29, 1.82) is 0 Å². The number of benzene rings is 1. The van der Waals surface area contributed by atoms with E-state index in [0.717, 1.165) is 39.8 Å². The molecule has 0 aliphatic heterocycles. The zero-order chi connectivity index (χ0) is 18.3. The number of rotatable bonds is 5. The average Bonchev–Trinajstić information content (AvgIpc) is 3.19. The van der Waals surface area contributed by atoms with E-state index in [1.807, 2.05) is 36.5 Å². The highest BCUT2D eigenvalue weighted by Crippen LogP contribution is 2.41. The molecule has 0 atom stereocenters. The maximum Gasteiger partial charge on any atom is 0.159 e. The van der Waals surface area contributed by atoms with Crippen molar-refractivity contribution in [2.45, 2.75) is 43.9 Å². The monoisotopic (exact) mass is 384 g/mol. The van der Waals surface area contributed by atoms with Gasteiger partial charge in [-0.15, -0.1) is 23.1 Å². The first-order valence-corrected chi connectivity index (χ1v) is 10.5. The molecule has 4 nitrogen and oxygen atoms in total. The number of thiophene rings is 1. The van der Waals surface area contributed by atoms with E-state index in [-0.39, 0.29) is 5.78 Å². The number of Topliss-reactive ketones (excluding diaryl/α,β-unsaturated/α-hetero) is 1. The summed E-state index contributed by atoms with van der Waals surface area (Å²) < 4.78 is 5.48. The molecule has 1 aromatic carbocycles. The summed E-state index contributed by atoms with van der Waals surface area (Å²) in [5.41, 5.74) is 3.17. The van der Waals surface area contributed by atoms with Crippen LogP contribution in [0.25, 0.3) is 10.2 Å². The minimum atomic E-state index is 0.0647. The van der Waals surface area contributed by atoms with E-state index in [1.165, 1.54) is 22.2 Å². The molecule has 0 saturated carbocycles. The van der Waals surface area contributed by atoms with Crippen molar-refractivity contribution < 1.29 is 9.53 Å².